The molecule has 0 aromatic carbocycles. The first-order valence-corrected chi connectivity index (χ1v) is 5.43. The molecule has 0 bridgehead atoms. The van der Waals surface area contributed by atoms with Gasteiger partial charge in [-0.15, -0.1) is 0 Å². The van der Waals surface area contributed by atoms with Crippen LogP contribution >= 0.6 is 0 Å². The highest BCUT2D eigenvalue weighted by Gasteiger charge is 2.27. The largest absolute Gasteiger partial charge is 0.388 e. The van der Waals surface area contributed by atoms with Crippen molar-refractivity contribution in [2.75, 3.05) is 13.1 Å². The zero-order valence-electron chi connectivity index (χ0n) is 7.34. The van der Waals surface area contributed by atoms with Gasteiger partial charge >= 0.3 is 0 Å². The summed E-state index contributed by atoms with van der Waals surface area (Å²) >= 11 is 0. The van der Waals surface area contributed by atoms with Crippen LogP contribution < -0.4 is 5.32 Å². The van der Waals surface area contributed by atoms with Crippen molar-refractivity contribution in [3.8, 4) is 0 Å². The van der Waals surface area contributed by atoms with E-state index in [2.05, 4.69) is 5.32 Å². The fourth-order valence-electron chi connectivity index (χ4n) is 0.726. The second kappa shape index (κ2) is 5.51. The Morgan fingerprint density at radius 2 is 1.92 bits per heavy atom. The molecule has 2 atom stereocenters. The monoisotopic (exact) mass is 213 g/mol. The Kier molecular flexibility index (Phi) is 5.42. The van der Waals surface area contributed by atoms with Gasteiger partial charge in [0, 0.05) is 6.54 Å². The van der Waals surface area contributed by atoms with Gasteiger partial charge in [0.1, 0.15) is 6.10 Å². The molecule has 4 N–H and O–H groups in total. The second-order valence-corrected chi connectivity index (χ2v) is 4.19. The molecular formula is C6H15NO5S. The minimum Gasteiger partial charge on any atom is -0.388 e. The van der Waals surface area contributed by atoms with Crippen LogP contribution in [0.3, 0.4) is 0 Å². The summed E-state index contributed by atoms with van der Waals surface area (Å²) in [5, 5.41) is 20.6. The van der Waals surface area contributed by atoms with Crippen molar-refractivity contribution < 1.29 is 23.2 Å². The van der Waals surface area contributed by atoms with E-state index < -0.39 is 21.7 Å². The summed E-state index contributed by atoms with van der Waals surface area (Å²) in [7, 11) is -4.57. The van der Waals surface area contributed by atoms with Crippen LogP contribution in [0.5, 0.6) is 0 Å². The third-order valence-electron chi connectivity index (χ3n) is 1.41. The van der Waals surface area contributed by atoms with Gasteiger partial charge in [0.2, 0.25) is 5.44 Å². The van der Waals surface area contributed by atoms with Gasteiger partial charge in [0.05, 0.1) is 0 Å². The molecule has 0 aliphatic heterocycles. The summed E-state index contributed by atoms with van der Waals surface area (Å²) in [6.07, 6.45) is -0.684. The van der Waals surface area contributed by atoms with Crippen molar-refractivity contribution in [3.63, 3.8) is 0 Å². The van der Waals surface area contributed by atoms with Crippen molar-refractivity contribution in [1.29, 1.82) is 0 Å². The third kappa shape index (κ3) is 5.17. The van der Waals surface area contributed by atoms with Gasteiger partial charge in [-0.3, -0.25) is 4.55 Å². The van der Waals surface area contributed by atoms with Crippen LogP contribution in [0.2, 0.25) is 0 Å². The molecule has 7 heteroatoms. The number of rotatable bonds is 6. The van der Waals surface area contributed by atoms with E-state index in [1.54, 1.807) is 0 Å². The van der Waals surface area contributed by atoms with Gasteiger partial charge < -0.3 is 15.5 Å². The summed E-state index contributed by atoms with van der Waals surface area (Å²) in [6, 6.07) is 0. The van der Waals surface area contributed by atoms with Gasteiger partial charge in [-0.25, -0.2) is 0 Å². The van der Waals surface area contributed by atoms with Gasteiger partial charge in [-0.2, -0.15) is 8.42 Å². The maximum atomic E-state index is 10.3. The van der Waals surface area contributed by atoms with E-state index in [-0.39, 0.29) is 6.54 Å². The molecule has 80 valence electrons. The second-order valence-electron chi connectivity index (χ2n) is 2.68. The van der Waals surface area contributed by atoms with Crippen LogP contribution in [0.1, 0.15) is 13.3 Å². The topological polar surface area (TPSA) is 107 Å². The van der Waals surface area contributed by atoms with E-state index in [1.807, 2.05) is 6.92 Å². The highest BCUT2D eigenvalue weighted by atomic mass is 32.2. The lowest BCUT2D eigenvalue weighted by atomic mass is 10.3. The van der Waals surface area contributed by atoms with E-state index >= 15 is 0 Å². The SMILES string of the molecule is CCCNCC(O)C(O)S(=O)(=O)O. The van der Waals surface area contributed by atoms with Crippen molar-refractivity contribution >= 4 is 10.1 Å². The van der Waals surface area contributed by atoms with Crippen LogP contribution in [0, 0.1) is 0 Å². The summed E-state index contributed by atoms with van der Waals surface area (Å²) in [4.78, 5) is 0. The first kappa shape index (κ1) is 12.8. The molecule has 6 nitrogen and oxygen atoms in total. The standard InChI is InChI=1S/C6H15NO5S/c1-2-3-7-4-5(8)6(9)13(10,11)12/h5-9H,2-4H2,1H3,(H,10,11,12). The predicted molar refractivity (Wildman–Crippen MR) is 46.7 cm³/mol. The Hall–Kier alpha value is -0.210. The molecule has 0 aliphatic rings. The smallest absolute Gasteiger partial charge is 0.294 e. The van der Waals surface area contributed by atoms with Crippen LogP contribution in [0.4, 0.5) is 0 Å². The van der Waals surface area contributed by atoms with Crippen molar-refractivity contribution in [2.45, 2.75) is 24.9 Å². The molecule has 0 saturated carbocycles. The Morgan fingerprint density at radius 3 is 2.31 bits per heavy atom. The molecule has 0 rings (SSSR count). The van der Waals surface area contributed by atoms with Crippen molar-refractivity contribution in [1.82, 2.24) is 5.32 Å². The Labute approximate surface area is 77.3 Å². The van der Waals surface area contributed by atoms with Gasteiger partial charge in [0.25, 0.3) is 10.1 Å². The minimum absolute atomic E-state index is 0.0746. The first-order chi connectivity index (χ1) is 5.89. The molecule has 0 aromatic heterocycles. The molecule has 13 heavy (non-hydrogen) atoms. The van der Waals surface area contributed by atoms with E-state index in [1.165, 1.54) is 0 Å². The number of nitrogens with one attached hydrogen (secondary N) is 1. The zero-order valence-corrected chi connectivity index (χ0v) is 8.16. The summed E-state index contributed by atoms with van der Waals surface area (Å²) in [5.74, 6) is 0. The zero-order chi connectivity index (χ0) is 10.5. The molecular weight excluding hydrogens is 198 g/mol. The van der Waals surface area contributed by atoms with Crippen LogP contribution in [0.25, 0.3) is 0 Å². The first-order valence-electron chi connectivity index (χ1n) is 3.92. The van der Waals surface area contributed by atoms with E-state index in [0.29, 0.717) is 6.54 Å². The highest BCUT2D eigenvalue weighted by Crippen LogP contribution is 1.99. The molecule has 0 heterocycles. The summed E-state index contributed by atoms with van der Waals surface area (Å²) in [6.45, 7) is 2.43. The maximum absolute atomic E-state index is 10.3. The quantitative estimate of drug-likeness (QED) is 0.318. The van der Waals surface area contributed by atoms with Crippen molar-refractivity contribution in [2.24, 2.45) is 0 Å². The number of hydrogen-bond acceptors (Lipinski definition) is 5. The molecule has 2 unspecified atom stereocenters. The average molecular weight is 213 g/mol. The van der Waals surface area contributed by atoms with E-state index in [9.17, 15) is 8.42 Å². The number of aliphatic hydroxyl groups excluding tert-OH is 2. The Morgan fingerprint density at radius 1 is 1.38 bits per heavy atom. The van der Waals surface area contributed by atoms with Gasteiger partial charge in [-0.1, -0.05) is 6.92 Å². The van der Waals surface area contributed by atoms with Crippen LogP contribution in [-0.4, -0.2) is 47.8 Å². The molecule has 0 aliphatic carbocycles. The number of hydrogen-bond donors (Lipinski definition) is 4. The average Bonchev–Trinajstić information content (AvgIpc) is 2.01. The molecule has 0 amide bonds. The molecule has 0 fully saturated rings. The summed E-state index contributed by atoms with van der Waals surface area (Å²) in [5.41, 5.74) is -2.14. The van der Waals surface area contributed by atoms with Crippen LogP contribution in [-0.2, 0) is 10.1 Å². The van der Waals surface area contributed by atoms with Crippen molar-refractivity contribution in [3.05, 3.63) is 0 Å². The normalized spacial score (nSPS) is 16.9. The lowest BCUT2D eigenvalue weighted by Crippen LogP contribution is -2.40. The fourth-order valence-corrected chi connectivity index (χ4v) is 1.22. The fraction of sp³-hybridized carbons (Fsp3) is 1.00. The van der Waals surface area contributed by atoms with Gasteiger partial charge in [0.15, 0.2) is 0 Å². The highest BCUT2D eigenvalue weighted by molar-refractivity contribution is 7.86. The lowest BCUT2D eigenvalue weighted by Gasteiger charge is -2.15. The Balaban J connectivity index is 3.90. The lowest BCUT2D eigenvalue weighted by molar-refractivity contribution is 0.0625. The van der Waals surface area contributed by atoms with E-state index in [4.69, 9.17) is 14.8 Å². The maximum Gasteiger partial charge on any atom is 0.294 e. The summed E-state index contributed by atoms with van der Waals surface area (Å²) < 4.78 is 29.0. The van der Waals surface area contributed by atoms with Gasteiger partial charge in [-0.05, 0) is 13.0 Å². The number of aliphatic hydroxyl groups is 2. The molecule has 0 aromatic rings. The Bertz CT molecular complexity index is 227. The molecule has 0 spiro atoms. The van der Waals surface area contributed by atoms with E-state index in [0.717, 1.165) is 6.42 Å². The third-order valence-corrected chi connectivity index (χ3v) is 2.34. The van der Waals surface area contributed by atoms with Crippen LogP contribution in [0.15, 0.2) is 0 Å². The molecule has 0 saturated heterocycles. The molecule has 0 radical (unpaired) electrons. The minimum atomic E-state index is -4.57. The predicted octanol–water partition coefficient (Wildman–Crippen LogP) is -1.45.